The summed E-state index contributed by atoms with van der Waals surface area (Å²) in [6.07, 6.45) is 6.25. The molecule has 0 aromatic carbocycles. The molecule has 0 saturated heterocycles. The van der Waals surface area contributed by atoms with Crippen molar-refractivity contribution in [2.45, 2.75) is 45.1 Å². The van der Waals surface area contributed by atoms with Gasteiger partial charge in [-0.05, 0) is 31.6 Å². The molecule has 2 unspecified atom stereocenters. The predicted molar refractivity (Wildman–Crippen MR) is 67.9 cm³/mol. The fraction of sp³-hybridized carbons (Fsp3) is 0.615. The molecule has 4 heteroatoms. The van der Waals surface area contributed by atoms with E-state index in [0.29, 0.717) is 10.8 Å². The zero-order valence-electron chi connectivity index (χ0n) is 10.0. The molecule has 2 atom stereocenters. The Hall–Kier alpha value is -1.03. The van der Waals surface area contributed by atoms with Crippen molar-refractivity contribution in [3.05, 3.63) is 16.3 Å². The molecule has 1 heterocycles. The van der Waals surface area contributed by atoms with Crippen LogP contribution in [-0.4, -0.2) is 17.2 Å². The van der Waals surface area contributed by atoms with Crippen molar-refractivity contribution in [2.75, 3.05) is 0 Å². The van der Waals surface area contributed by atoms with Crippen molar-refractivity contribution in [1.82, 2.24) is 0 Å². The van der Waals surface area contributed by atoms with Gasteiger partial charge in [0.2, 0.25) is 0 Å². The van der Waals surface area contributed by atoms with Crippen LogP contribution in [0.3, 0.4) is 0 Å². The average molecular weight is 254 g/mol. The van der Waals surface area contributed by atoms with E-state index in [1.807, 2.05) is 0 Å². The van der Waals surface area contributed by atoms with Gasteiger partial charge in [-0.2, -0.15) is 0 Å². The van der Waals surface area contributed by atoms with Crippen LogP contribution in [0.25, 0.3) is 0 Å². The molecule has 0 bridgehead atoms. The standard InChI is InChI=1S/C13H18O3S/c1-2-9-5-3-4-6-11(9)16-10-7-12(13(14)15)17-8-10/h7-9,11H,2-6H2,1H3,(H,14,15). The van der Waals surface area contributed by atoms with Gasteiger partial charge in [-0.15, -0.1) is 11.3 Å². The lowest BCUT2D eigenvalue weighted by Gasteiger charge is -2.30. The summed E-state index contributed by atoms with van der Waals surface area (Å²) in [7, 11) is 0. The summed E-state index contributed by atoms with van der Waals surface area (Å²) in [4.78, 5) is 11.1. The van der Waals surface area contributed by atoms with Crippen LogP contribution in [0.2, 0.25) is 0 Å². The lowest BCUT2D eigenvalue weighted by atomic mass is 9.85. The topological polar surface area (TPSA) is 46.5 Å². The van der Waals surface area contributed by atoms with Gasteiger partial charge in [0.25, 0.3) is 0 Å². The van der Waals surface area contributed by atoms with Crippen molar-refractivity contribution in [3.63, 3.8) is 0 Å². The number of carbonyl (C=O) groups is 1. The third-order valence-corrected chi connectivity index (χ3v) is 4.33. The van der Waals surface area contributed by atoms with Crippen LogP contribution in [0.1, 0.15) is 48.7 Å². The van der Waals surface area contributed by atoms with Crippen molar-refractivity contribution in [3.8, 4) is 5.75 Å². The molecule has 1 N–H and O–H groups in total. The van der Waals surface area contributed by atoms with E-state index in [9.17, 15) is 4.79 Å². The Bertz CT molecular complexity index is 386. The normalized spacial score (nSPS) is 24.5. The van der Waals surface area contributed by atoms with Crippen molar-refractivity contribution in [2.24, 2.45) is 5.92 Å². The van der Waals surface area contributed by atoms with Gasteiger partial charge in [-0.1, -0.05) is 13.3 Å². The smallest absolute Gasteiger partial charge is 0.346 e. The van der Waals surface area contributed by atoms with Crippen molar-refractivity contribution >= 4 is 17.3 Å². The van der Waals surface area contributed by atoms with Gasteiger partial charge >= 0.3 is 5.97 Å². The Morgan fingerprint density at radius 1 is 1.53 bits per heavy atom. The third kappa shape index (κ3) is 3.00. The number of hydrogen-bond donors (Lipinski definition) is 1. The van der Waals surface area contributed by atoms with E-state index in [-0.39, 0.29) is 6.10 Å². The zero-order chi connectivity index (χ0) is 12.3. The number of carboxylic acids is 1. The number of hydrogen-bond acceptors (Lipinski definition) is 3. The van der Waals surface area contributed by atoms with Gasteiger partial charge in [0, 0.05) is 11.4 Å². The Morgan fingerprint density at radius 2 is 2.29 bits per heavy atom. The zero-order valence-corrected chi connectivity index (χ0v) is 10.8. The molecule has 0 spiro atoms. The summed E-state index contributed by atoms with van der Waals surface area (Å²) in [6, 6.07) is 1.63. The lowest BCUT2D eigenvalue weighted by molar-refractivity contribution is 0.0699. The largest absolute Gasteiger partial charge is 0.489 e. The summed E-state index contributed by atoms with van der Waals surface area (Å²) in [5.41, 5.74) is 0. The molecule has 0 radical (unpaired) electrons. The van der Waals surface area contributed by atoms with Gasteiger partial charge in [0.15, 0.2) is 0 Å². The molecular weight excluding hydrogens is 236 g/mol. The number of rotatable bonds is 4. The SMILES string of the molecule is CCC1CCCCC1Oc1csc(C(=O)O)c1. The highest BCUT2D eigenvalue weighted by Crippen LogP contribution is 2.32. The maximum atomic E-state index is 10.8. The van der Waals surface area contributed by atoms with Crippen LogP contribution in [0.4, 0.5) is 0 Å². The first-order chi connectivity index (χ1) is 8.20. The van der Waals surface area contributed by atoms with E-state index in [1.54, 1.807) is 11.4 Å². The molecule has 1 aromatic rings. The highest BCUT2D eigenvalue weighted by Gasteiger charge is 2.25. The van der Waals surface area contributed by atoms with Gasteiger partial charge in [0.05, 0.1) is 0 Å². The molecule has 1 aliphatic rings. The van der Waals surface area contributed by atoms with Crippen LogP contribution >= 0.6 is 11.3 Å². The molecule has 0 amide bonds. The number of ether oxygens (including phenoxy) is 1. The van der Waals surface area contributed by atoms with Crippen LogP contribution in [-0.2, 0) is 0 Å². The third-order valence-electron chi connectivity index (χ3n) is 3.44. The summed E-state index contributed by atoms with van der Waals surface area (Å²) in [5, 5.41) is 10.7. The molecule has 1 fully saturated rings. The molecule has 17 heavy (non-hydrogen) atoms. The number of carboxylic acid groups (broad SMARTS) is 1. The van der Waals surface area contributed by atoms with Crippen LogP contribution in [0.5, 0.6) is 5.75 Å². The highest BCUT2D eigenvalue weighted by molar-refractivity contribution is 7.12. The molecule has 1 aromatic heterocycles. The molecule has 1 aliphatic carbocycles. The summed E-state index contributed by atoms with van der Waals surface area (Å²) < 4.78 is 5.94. The summed E-state index contributed by atoms with van der Waals surface area (Å²) in [6.45, 7) is 2.20. The van der Waals surface area contributed by atoms with E-state index in [2.05, 4.69) is 6.92 Å². The minimum atomic E-state index is -0.875. The van der Waals surface area contributed by atoms with Crippen molar-refractivity contribution in [1.29, 1.82) is 0 Å². The molecule has 2 rings (SSSR count). The Morgan fingerprint density at radius 3 is 2.94 bits per heavy atom. The minimum Gasteiger partial charge on any atom is -0.489 e. The van der Waals surface area contributed by atoms with E-state index in [4.69, 9.17) is 9.84 Å². The van der Waals surface area contributed by atoms with Gasteiger partial charge < -0.3 is 9.84 Å². The molecule has 94 valence electrons. The first-order valence-electron chi connectivity index (χ1n) is 6.19. The van der Waals surface area contributed by atoms with E-state index in [1.165, 1.54) is 30.6 Å². The molecule has 3 nitrogen and oxygen atoms in total. The second-order valence-electron chi connectivity index (χ2n) is 4.56. The van der Waals surface area contributed by atoms with E-state index < -0.39 is 5.97 Å². The quantitative estimate of drug-likeness (QED) is 0.889. The molecule has 1 saturated carbocycles. The van der Waals surface area contributed by atoms with Crippen LogP contribution in [0, 0.1) is 5.92 Å². The van der Waals surface area contributed by atoms with E-state index >= 15 is 0 Å². The van der Waals surface area contributed by atoms with Gasteiger partial charge in [0.1, 0.15) is 16.7 Å². The van der Waals surface area contributed by atoms with Crippen LogP contribution in [0.15, 0.2) is 11.4 Å². The predicted octanol–water partition coefficient (Wildman–Crippen LogP) is 3.79. The summed E-state index contributed by atoms with van der Waals surface area (Å²) >= 11 is 1.23. The first kappa shape index (κ1) is 12.4. The lowest BCUT2D eigenvalue weighted by Crippen LogP contribution is -2.29. The Labute approximate surface area is 105 Å². The van der Waals surface area contributed by atoms with Gasteiger partial charge in [-0.3, -0.25) is 0 Å². The fourth-order valence-electron chi connectivity index (χ4n) is 2.46. The molecular formula is C13H18O3S. The Kier molecular flexibility index (Phi) is 4.05. The second kappa shape index (κ2) is 5.54. The Balaban J connectivity index is 2.00. The van der Waals surface area contributed by atoms with Crippen LogP contribution < -0.4 is 4.74 Å². The monoisotopic (exact) mass is 254 g/mol. The summed E-state index contributed by atoms with van der Waals surface area (Å²) in [5.74, 6) is 0.468. The first-order valence-corrected chi connectivity index (χ1v) is 7.07. The minimum absolute atomic E-state index is 0.269. The maximum Gasteiger partial charge on any atom is 0.346 e. The highest BCUT2D eigenvalue weighted by atomic mass is 32.1. The van der Waals surface area contributed by atoms with Crippen molar-refractivity contribution < 1.29 is 14.6 Å². The molecule has 0 aliphatic heterocycles. The fourth-order valence-corrected chi connectivity index (χ4v) is 3.12. The number of thiophene rings is 1. The average Bonchev–Trinajstić information content (AvgIpc) is 2.78. The van der Waals surface area contributed by atoms with E-state index in [0.717, 1.165) is 18.6 Å². The maximum absolute atomic E-state index is 10.8. The second-order valence-corrected chi connectivity index (χ2v) is 5.47. The van der Waals surface area contributed by atoms with Gasteiger partial charge in [-0.25, -0.2) is 4.79 Å². The number of aromatic carboxylic acids is 1.